The topological polar surface area (TPSA) is 53.4 Å². The molecule has 2 aromatic rings. The number of hydrogen-bond acceptors (Lipinski definition) is 5. The zero-order valence-electron chi connectivity index (χ0n) is 15.3. The third-order valence-electron chi connectivity index (χ3n) is 4.57. The normalized spacial score (nSPS) is 17.6. The predicted molar refractivity (Wildman–Crippen MR) is 110 cm³/mol. The van der Waals surface area contributed by atoms with E-state index in [-0.39, 0.29) is 5.37 Å². The van der Waals surface area contributed by atoms with E-state index in [2.05, 4.69) is 30.0 Å². The molecule has 2 unspecified atom stereocenters. The molecule has 26 heavy (non-hydrogen) atoms. The van der Waals surface area contributed by atoms with Crippen LogP contribution >= 0.6 is 34.9 Å². The lowest BCUT2D eigenvalue weighted by Gasteiger charge is -2.26. The minimum Gasteiger partial charge on any atom is -0.481 e. The van der Waals surface area contributed by atoms with E-state index in [9.17, 15) is 9.90 Å². The number of fused-ring (bicyclic) bond motifs is 1. The van der Waals surface area contributed by atoms with E-state index in [4.69, 9.17) is 11.6 Å². The molecule has 0 aliphatic carbocycles. The number of halogens is 1. The number of carboxylic acid groups (broad SMARTS) is 1. The number of thioether (sulfide) groups is 1. The van der Waals surface area contributed by atoms with E-state index in [0.717, 1.165) is 39.8 Å². The molecule has 0 saturated carbocycles. The van der Waals surface area contributed by atoms with E-state index in [1.165, 1.54) is 16.4 Å². The Labute approximate surface area is 167 Å². The third-order valence-corrected chi connectivity index (χ3v) is 7.24. The van der Waals surface area contributed by atoms with Gasteiger partial charge in [-0.2, -0.15) is 4.37 Å². The Hall–Kier alpha value is -1.24. The molecule has 0 radical (unpaired) electrons. The van der Waals surface area contributed by atoms with Crippen LogP contribution in [0.15, 0.2) is 23.1 Å². The molecule has 140 valence electrons. The minimum atomic E-state index is -0.815. The van der Waals surface area contributed by atoms with Gasteiger partial charge in [-0.25, -0.2) is 0 Å². The molecule has 0 spiro atoms. The lowest BCUT2D eigenvalue weighted by Crippen LogP contribution is -2.25. The lowest BCUT2D eigenvalue weighted by atomic mass is 10.0. The van der Waals surface area contributed by atoms with Gasteiger partial charge < -0.3 is 10.0 Å². The fraction of sp³-hybridized carbons (Fsp3) is 0.474. The molecule has 2 heterocycles. The van der Waals surface area contributed by atoms with Crippen LogP contribution in [0.1, 0.15) is 51.3 Å². The van der Waals surface area contributed by atoms with E-state index in [1.54, 1.807) is 6.92 Å². The summed E-state index contributed by atoms with van der Waals surface area (Å²) in [6.07, 6.45) is 1.81. The Bertz CT molecular complexity index is 822. The molecule has 3 rings (SSSR count). The molecular weight excluding hydrogens is 388 g/mol. The number of benzene rings is 1. The van der Waals surface area contributed by atoms with Crippen LogP contribution in [0.25, 0.3) is 0 Å². The Balaban J connectivity index is 2.08. The highest BCUT2D eigenvalue weighted by atomic mass is 35.5. The van der Waals surface area contributed by atoms with Crippen molar-refractivity contribution in [3.8, 4) is 0 Å². The second-order valence-electron chi connectivity index (χ2n) is 6.96. The summed E-state index contributed by atoms with van der Waals surface area (Å²) < 4.78 is 4.52. The van der Waals surface area contributed by atoms with Gasteiger partial charge in [-0.15, -0.1) is 0 Å². The van der Waals surface area contributed by atoms with Gasteiger partial charge in [0.25, 0.3) is 0 Å². The number of carboxylic acids is 1. The van der Waals surface area contributed by atoms with E-state index >= 15 is 0 Å². The molecule has 0 saturated heterocycles. The smallest absolute Gasteiger partial charge is 0.310 e. The van der Waals surface area contributed by atoms with Crippen LogP contribution in [0.5, 0.6) is 0 Å². The molecule has 1 aliphatic rings. The quantitative estimate of drug-likeness (QED) is 0.617. The maximum Gasteiger partial charge on any atom is 0.310 e. The number of rotatable bonds is 6. The summed E-state index contributed by atoms with van der Waals surface area (Å²) in [6, 6.07) is 5.97. The molecule has 0 amide bonds. The van der Waals surface area contributed by atoms with Gasteiger partial charge in [-0.05, 0) is 54.9 Å². The van der Waals surface area contributed by atoms with Crippen LogP contribution < -0.4 is 4.90 Å². The maximum absolute atomic E-state index is 11.4. The van der Waals surface area contributed by atoms with Gasteiger partial charge in [0.05, 0.1) is 27.7 Å². The van der Waals surface area contributed by atoms with Crippen molar-refractivity contribution < 1.29 is 9.90 Å². The average molecular weight is 411 g/mol. The molecule has 2 atom stereocenters. The Kier molecular flexibility index (Phi) is 5.85. The van der Waals surface area contributed by atoms with Gasteiger partial charge in [0.15, 0.2) is 0 Å². The van der Waals surface area contributed by atoms with Crippen molar-refractivity contribution in [3.63, 3.8) is 0 Å². The van der Waals surface area contributed by atoms with Crippen LogP contribution in [0.4, 0.5) is 10.7 Å². The Morgan fingerprint density at radius 1 is 1.38 bits per heavy atom. The maximum atomic E-state index is 11.4. The lowest BCUT2D eigenvalue weighted by molar-refractivity contribution is -0.138. The highest BCUT2D eigenvalue weighted by molar-refractivity contribution is 8.00. The van der Waals surface area contributed by atoms with Crippen molar-refractivity contribution in [2.24, 2.45) is 5.92 Å². The van der Waals surface area contributed by atoms with Gasteiger partial charge >= 0.3 is 5.97 Å². The van der Waals surface area contributed by atoms with E-state index in [1.807, 2.05) is 30.0 Å². The molecular formula is C19H23ClN2O2S2. The van der Waals surface area contributed by atoms with Gasteiger partial charge in [0.1, 0.15) is 5.00 Å². The van der Waals surface area contributed by atoms with Gasteiger partial charge in [-0.1, -0.05) is 50.2 Å². The standard InChI is InChI=1S/C19H23ClN2O2S2/c1-5-13-17(20)18(26-21-13)22-14-9-12(11(4)19(23)24)6-7-15(14)25-16(22)8-10(2)3/h6-7,9-11,16H,5,8H2,1-4H3,(H,23,24). The fourth-order valence-corrected chi connectivity index (χ4v) is 6.00. The number of aromatic nitrogens is 1. The summed E-state index contributed by atoms with van der Waals surface area (Å²) in [6.45, 7) is 8.20. The van der Waals surface area contributed by atoms with Crippen LogP contribution in [0.2, 0.25) is 5.02 Å². The van der Waals surface area contributed by atoms with Crippen LogP contribution in [0, 0.1) is 5.92 Å². The molecule has 1 N–H and O–H groups in total. The average Bonchev–Trinajstić information content (AvgIpc) is 3.12. The number of aliphatic carboxylic acids is 1. The summed E-state index contributed by atoms with van der Waals surface area (Å²) in [7, 11) is 0. The molecule has 4 nitrogen and oxygen atoms in total. The van der Waals surface area contributed by atoms with Crippen molar-refractivity contribution in [1.82, 2.24) is 4.37 Å². The minimum absolute atomic E-state index is 0.239. The van der Waals surface area contributed by atoms with Crippen molar-refractivity contribution >= 4 is 51.6 Å². The number of hydrogen-bond donors (Lipinski definition) is 1. The molecule has 1 aliphatic heterocycles. The Morgan fingerprint density at radius 3 is 2.69 bits per heavy atom. The highest BCUT2D eigenvalue weighted by Gasteiger charge is 2.35. The summed E-state index contributed by atoms with van der Waals surface area (Å²) in [5, 5.41) is 11.3. The largest absolute Gasteiger partial charge is 0.481 e. The van der Waals surface area contributed by atoms with Crippen LogP contribution in [-0.4, -0.2) is 20.8 Å². The van der Waals surface area contributed by atoms with Gasteiger partial charge in [0, 0.05) is 4.90 Å². The second-order valence-corrected chi connectivity index (χ2v) is 9.31. The van der Waals surface area contributed by atoms with Crippen LogP contribution in [-0.2, 0) is 11.2 Å². The van der Waals surface area contributed by atoms with Crippen LogP contribution in [0.3, 0.4) is 0 Å². The SMILES string of the molecule is CCc1nsc(N2c3cc(C(C)C(=O)O)ccc3SC2CC(C)C)c1Cl. The predicted octanol–water partition coefficient (Wildman–Crippen LogP) is 6.16. The third kappa shape index (κ3) is 3.59. The second kappa shape index (κ2) is 7.79. The summed E-state index contributed by atoms with van der Waals surface area (Å²) >= 11 is 9.88. The van der Waals surface area contributed by atoms with Gasteiger partial charge in [-0.3, -0.25) is 4.79 Å². The first-order valence-corrected chi connectivity index (χ1v) is 10.8. The number of carbonyl (C=O) groups is 1. The van der Waals surface area contributed by atoms with Crippen molar-refractivity contribution in [2.45, 2.75) is 56.7 Å². The number of nitrogens with zero attached hydrogens (tertiary/aromatic N) is 2. The van der Waals surface area contributed by atoms with E-state index < -0.39 is 11.9 Å². The first-order chi connectivity index (χ1) is 12.3. The zero-order chi connectivity index (χ0) is 19.0. The van der Waals surface area contributed by atoms with Crippen molar-refractivity contribution in [3.05, 3.63) is 34.5 Å². The molecule has 1 aromatic carbocycles. The zero-order valence-corrected chi connectivity index (χ0v) is 17.7. The summed E-state index contributed by atoms with van der Waals surface area (Å²) in [5.41, 5.74) is 2.77. The number of aryl methyl sites for hydroxylation is 1. The van der Waals surface area contributed by atoms with Gasteiger partial charge in [0.2, 0.25) is 0 Å². The van der Waals surface area contributed by atoms with Crippen molar-refractivity contribution in [1.29, 1.82) is 0 Å². The summed E-state index contributed by atoms with van der Waals surface area (Å²) in [4.78, 5) is 14.8. The number of anilines is 2. The van der Waals surface area contributed by atoms with Crippen molar-refractivity contribution in [2.75, 3.05) is 4.90 Å². The fourth-order valence-electron chi connectivity index (χ4n) is 3.06. The molecule has 0 bridgehead atoms. The molecule has 7 heteroatoms. The first kappa shape index (κ1) is 19.5. The molecule has 1 aromatic heterocycles. The molecule has 0 fully saturated rings. The highest BCUT2D eigenvalue weighted by Crippen LogP contribution is 2.53. The Morgan fingerprint density at radius 2 is 2.12 bits per heavy atom. The first-order valence-electron chi connectivity index (χ1n) is 8.80. The van der Waals surface area contributed by atoms with E-state index in [0.29, 0.717) is 5.92 Å². The monoisotopic (exact) mass is 410 g/mol. The summed E-state index contributed by atoms with van der Waals surface area (Å²) in [5.74, 6) is -0.816.